The predicted octanol–water partition coefficient (Wildman–Crippen LogP) is 5.07. The molecule has 1 aliphatic heterocycles. The first-order chi connectivity index (χ1) is 14.8. The van der Waals surface area contributed by atoms with E-state index >= 15 is 0 Å². The maximum absolute atomic E-state index is 13.3. The number of hydrogen-bond donors (Lipinski definition) is 1. The van der Waals surface area contributed by atoms with Crippen molar-refractivity contribution in [1.29, 1.82) is 0 Å². The average Bonchev–Trinajstić information content (AvgIpc) is 3.24. The summed E-state index contributed by atoms with van der Waals surface area (Å²) < 4.78 is 66.8. The van der Waals surface area contributed by atoms with Gasteiger partial charge in [-0.25, -0.2) is 8.42 Å². The Morgan fingerprint density at radius 2 is 1.72 bits per heavy atom. The number of carbonyl (C=O) groups is 1. The Bertz CT molecular complexity index is 1040. The number of sulfonamides is 1. The molecular formula is C22H27F3N2O3S2. The highest BCUT2D eigenvalue weighted by molar-refractivity contribution is 7.89. The van der Waals surface area contributed by atoms with Gasteiger partial charge >= 0.3 is 6.18 Å². The van der Waals surface area contributed by atoms with Crippen molar-refractivity contribution in [1.82, 2.24) is 9.62 Å². The zero-order valence-electron chi connectivity index (χ0n) is 18.1. The minimum absolute atomic E-state index is 0.00814. The van der Waals surface area contributed by atoms with Gasteiger partial charge < -0.3 is 5.32 Å². The Kier molecular flexibility index (Phi) is 7.07. The van der Waals surface area contributed by atoms with Gasteiger partial charge in [0.15, 0.2) is 0 Å². The van der Waals surface area contributed by atoms with E-state index in [1.54, 1.807) is 11.3 Å². The lowest BCUT2D eigenvalue weighted by Crippen LogP contribution is -2.45. The molecule has 0 bridgehead atoms. The number of piperidine rings is 1. The zero-order chi connectivity index (χ0) is 23.7. The molecule has 3 rings (SSSR count). The molecule has 32 heavy (non-hydrogen) atoms. The maximum atomic E-state index is 13.3. The lowest BCUT2D eigenvalue weighted by Gasteiger charge is -2.35. The van der Waals surface area contributed by atoms with Crippen LogP contribution in [0.4, 0.5) is 13.2 Å². The minimum atomic E-state index is -4.77. The molecule has 176 valence electrons. The van der Waals surface area contributed by atoms with Gasteiger partial charge in [-0.15, -0.1) is 11.3 Å². The Balaban J connectivity index is 1.71. The average molecular weight is 489 g/mol. The molecule has 1 saturated heterocycles. The fourth-order valence-corrected chi connectivity index (χ4v) is 6.56. The second-order valence-corrected chi connectivity index (χ2v) is 11.9. The molecule has 1 amide bonds. The standard InChI is InChI=1S/C22H27F3N2O3S2/c1-21(2,3)19(17-8-6-14-31-17)26-20(28)15-10-12-27(13-11-15)32(29,30)18-9-5-4-7-16(18)22(23,24)25/h4-9,14-15,19H,10-13H2,1-3H3,(H,26,28). The summed E-state index contributed by atoms with van der Waals surface area (Å²) in [5.41, 5.74) is -1.39. The van der Waals surface area contributed by atoms with E-state index < -0.39 is 32.6 Å². The maximum Gasteiger partial charge on any atom is 0.417 e. The van der Waals surface area contributed by atoms with E-state index in [9.17, 15) is 26.4 Å². The van der Waals surface area contributed by atoms with Gasteiger partial charge in [-0.05, 0) is 41.8 Å². The van der Waals surface area contributed by atoms with Crippen molar-refractivity contribution in [3.05, 3.63) is 52.2 Å². The first-order valence-corrected chi connectivity index (χ1v) is 12.6. The zero-order valence-corrected chi connectivity index (χ0v) is 19.8. The number of rotatable bonds is 5. The van der Waals surface area contributed by atoms with Gasteiger partial charge in [0.05, 0.1) is 16.5 Å². The Hall–Kier alpha value is -1.91. The number of carbonyl (C=O) groups excluding carboxylic acids is 1. The molecule has 10 heteroatoms. The second-order valence-electron chi connectivity index (χ2n) is 9.00. The lowest BCUT2D eigenvalue weighted by atomic mass is 9.85. The summed E-state index contributed by atoms with van der Waals surface area (Å²) in [4.78, 5) is 13.2. The minimum Gasteiger partial charge on any atom is -0.348 e. The molecule has 0 radical (unpaired) electrons. The van der Waals surface area contributed by atoms with Crippen molar-refractivity contribution in [2.45, 2.75) is 50.7 Å². The van der Waals surface area contributed by atoms with Crippen molar-refractivity contribution >= 4 is 27.3 Å². The smallest absolute Gasteiger partial charge is 0.348 e. The number of halogens is 3. The van der Waals surface area contributed by atoms with Crippen LogP contribution in [0, 0.1) is 11.3 Å². The molecule has 1 atom stereocenters. The number of nitrogens with one attached hydrogen (secondary N) is 1. The van der Waals surface area contributed by atoms with Crippen molar-refractivity contribution in [3.63, 3.8) is 0 Å². The topological polar surface area (TPSA) is 66.5 Å². The van der Waals surface area contributed by atoms with Crippen molar-refractivity contribution in [2.75, 3.05) is 13.1 Å². The molecule has 1 aromatic carbocycles. The van der Waals surface area contributed by atoms with Crippen LogP contribution in [0.25, 0.3) is 0 Å². The highest BCUT2D eigenvalue weighted by Gasteiger charge is 2.40. The highest BCUT2D eigenvalue weighted by Crippen LogP contribution is 2.37. The molecule has 0 spiro atoms. The summed E-state index contributed by atoms with van der Waals surface area (Å²) >= 11 is 1.56. The number of amides is 1. The van der Waals surface area contributed by atoms with Gasteiger partial charge in [-0.3, -0.25) is 4.79 Å². The molecule has 5 nitrogen and oxygen atoms in total. The molecule has 0 aliphatic carbocycles. The number of thiophene rings is 1. The van der Waals surface area contributed by atoms with Gasteiger partial charge in [-0.1, -0.05) is 39.0 Å². The molecule has 1 aliphatic rings. The van der Waals surface area contributed by atoms with Crippen LogP contribution in [0.15, 0.2) is 46.7 Å². The Morgan fingerprint density at radius 3 is 2.25 bits per heavy atom. The molecular weight excluding hydrogens is 461 g/mol. The molecule has 1 aromatic heterocycles. The van der Waals surface area contributed by atoms with Crippen LogP contribution in [-0.2, 0) is 21.0 Å². The normalized spacial score (nSPS) is 17.8. The summed E-state index contributed by atoms with van der Waals surface area (Å²) in [6.45, 7) is 6.08. The van der Waals surface area contributed by atoms with Gasteiger partial charge in [0.1, 0.15) is 0 Å². The summed E-state index contributed by atoms with van der Waals surface area (Å²) in [5.74, 6) is -0.560. The fraction of sp³-hybridized carbons (Fsp3) is 0.500. The van der Waals surface area contributed by atoms with E-state index in [4.69, 9.17) is 0 Å². The van der Waals surface area contributed by atoms with Crippen molar-refractivity contribution in [3.8, 4) is 0 Å². The first-order valence-electron chi connectivity index (χ1n) is 10.3. The van der Waals surface area contributed by atoms with Crippen LogP contribution in [0.1, 0.15) is 50.1 Å². The monoisotopic (exact) mass is 488 g/mol. The quantitative estimate of drug-likeness (QED) is 0.639. The second kappa shape index (κ2) is 9.15. The summed E-state index contributed by atoms with van der Waals surface area (Å²) in [5, 5.41) is 5.04. The molecule has 1 fully saturated rings. The molecule has 1 N–H and O–H groups in total. The van der Waals surface area contributed by atoms with Crippen molar-refractivity contribution in [2.24, 2.45) is 11.3 Å². The first kappa shape index (κ1) is 24.7. The third-order valence-electron chi connectivity index (χ3n) is 5.62. The number of nitrogens with zero attached hydrogens (tertiary/aromatic N) is 1. The van der Waals surface area contributed by atoms with E-state index in [-0.39, 0.29) is 43.3 Å². The molecule has 1 unspecified atom stereocenters. The fourth-order valence-electron chi connectivity index (χ4n) is 3.85. The van der Waals surface area contributed by atoms with E-state index in [1.165, 1.54) is 6.07 Å². The van der Waals surface area contributed by atoms with Crippen LogP contribution in [0.2, 0.25) is 0 Å². The van der Waals surface area contributed by atoms with Gasteiger partial charge in [0.25, 0.3) is 0 Å². The van der Waals surface area contributed by atoms with Crippen LogP contribution < -0.4 is 5.32 Å². The number of hydrogen-bond acceptors (Lipinski definition) is 4. The number of alkyl halides is 3. The Morgan fingerprint density at radius 1 is 1.09 bits per heavy atom. The number of benzene rings is 1. The molecule has 2 aromatic rings. The van der Waals surface area contributed by atoms with Crippen LogP contribution in [0.5, 0.6) is 0 Å². The molecule has 0 saturated carbocycles. The predicted molar refractivity (Wildman–Crippen MR) is 118 cm³/mol. The van der Waals surface area contributed by atoms with Crippen molar-refractivity contribution < 1.29 is 26.4 Å². The van der Waals surface area contributed by atoms with Gasteiger partial charge in [0, 0.05) is 23.9 Å². The van der Waals surface area contributed by atoms with E-state index in [0.717, 1.165) is 27.4 Å². The van der Waals surface area contributed by atoms with Gasteiger partial charge in [-0.2, -0.15) is 17.5 Å². The SMILES string of the molecule is CC(C)(C)C(NC(=O)C1CCN(S(=O)(=O)c2ccccc2C(F)(F)F)CC1)c1cccs1. The highest BCUT2D eigenvalue weighted by atomic mass is 32.2. The van der Waals surface area contributed by atoms with E-state index in [2.05, 4.69) is 5.32 Å². The van der Waals surface area contributed by atoms with Crippen LogP contribution in [0.3, 0.4) is 0 Å². The third kappa shape index (κ3) is 5.35. The van der Waals surface area contributed by atoms with Gasteiger partial charge in [0.2, 0.25) is 15.9 Å². The van der Waals surface area contributed by atoms with Crippen LogP contribution in [-0.4, -0.2) is 31.7 Å². The summed E-state index contributed by atoms with van der Waals surface area (Å²) in [7, 11) is -4.32. The Labute approximate surface area is 190 Å². The lowest BCUT2D eigenvalue weighted by molar-refractivity contribution is -0.139. The molecule has 2 heterocycles. The summed E-state index contributed by atoms with van der Waals surface area (Å²) in [6.07, 6.45) is -4.27. The van der Waals surface area contributed by atoms with Crippen LogP contribution >= 0.6 is 11.3 Å². The third-order valence-corrected chi connectivity index (χ3v) is 8.51. The summed E-state index contributed by atoms with van der Waals surface area (Å²) in [6, 6.07) is 7.89. The van der Waals surface area contributed by atoms with E-state index in [0.29, 0.717) is 0 Å². The van der Waals surface area contributed by atoms with E-state index in [1.807, 2.05) is 38.3 Å². The largest absolute Gasteiger partial charge is 0.417 e.